The van der Waals surface area contributed by atoms with Crippen molar-refractivity contribution in [2.75, 3.05) is 43.4 Å². The molecule has 29 heavy (non-hydrogen) atoms. The van der Waals surface area contributed by atoms with Gasteiger partial charge in [-0.3, -0.25) is 4.79 Å². The molecule has 1 saturated heterocycles. The average molecular weight is 408 g/mol. The summed E-state index contributed by atoms with van der Waals surface area (Å²) in [6, 6.07) is 12.1. The molecule has 7 heteroatoms. The average Bonchev–Trinajstić information content (AvgIpc) is 3.18. The molecule has 0 bridgehead atoms. The SMILES string of the molecule is Cc1ccc(-c2nc(CC(=O)Nc3ccc(N4CCN(C)CC4)cn3)cs2)cc1. The van der Waals surface area contributed by atoms with Gasteiger partial charge in [-0.15, -0.1) is 11.3 Å². The Labute approximate surface area is 175 Å². The van der Waals surface area contributed by atoms with Gasteiger partial charge in [-0.1, -0.05) is 29.8 Å². The van der Waals surface area contributed by atoms with Gasteiger partial charge < -0.3 is 15.1 Å². The van der Waals surface area contributed by atoms with Crippen molar-refractivity contribution in [3.63, 3.8) is 0 Å². The summed E-state index contributed by atoms with van der Waals surface area (Å²) in [6.07, 6.45) is 2.07. The minimum Gasteiger partial charge on any atom is -0.368 e. The lowest BCUT2D eigenvalue weighted by Crippen LogP contribution is -2.44. The molecule has 0 saturated carbocycles. The molecule has 3 heterocycles. The van der Waals surface area contributed by atoms with Gasteiger partial charge in [-0.2, -0.15) is 0 Å². The number of pyridine rings is 1. The summed E-state index contributed by atoms with van der Waals surface area (Å²) in [5, 5.41) is 5.75. The summed E-state index contributed by atoms with van der Waals surface area (Å²) in [7, 11) is 2.14. The van der Waals surface area contributed by atoms with Gasteiger partial charge in [-0.05, 0) is 26.1 Å². The van der Waals surface area contributed by atoms with Crippen molar-refractivity contribution in [2.24, 2.45) is 0 Å². The Hall–Kier alpha value is -2.77. The number of anilines is 2. The van der Waals surface area contributed by atoms with E-state index in [1.807, 2.05) is 23.7 Å². The second-order valence-electron chi connectivity index (χ2n) is 7.43. The normalized spacial score (nSPS) is 14.8. The summed E-state index contributed by atoms with van der Waals surface area (Å²) in [5.74, 6) is 0.465. The highest BCUT2D eigenvalue weighted by atomic mass is 32.1. The van der Waals surface area contributed by atoms with Crippen LogP contribution in [0.15, 0.2) is 48.0 Å². The van der Waals surface area contributed by atoms with Crippen LogP contribution in [-0.2, 0) is 11.2 Å². The van der Waals surface area contributed by atoms with Gasteiger partial charge in [0, 0.05) is 37.1 Å². The quantitative estimate of drug-likeness (QED) is 0.702. The summed E-state index contributed by atoms with van der Waals surface area (Å²) in [4.78, 5) is 26.0. The Morgan fingerprint density at radius 3 is 2.55 bits per heavy atom. The highest BCUT2D eigenvalue weighted by Crippen LogP contribution is 2.24. The first kappa shape index (κ1) is 19.5. The zero-order chi connectivity index (χ0) is 20.2. The minimum absolute atomic E-state index is 0.106. The molecule has 0 radical (unpaired) electrons. The molecule has 4 rings (SSSR count). The van der Waals surface area contributed by atoms with Crippen LogP contribution in [0.1, 0.15) is 11.3 Å². The Balaban J connectivity index is 1.33. The van der Waals surface area contributed by atoms with Gasteiger partial charge >= 0.3 is 0 Å². The molecule has 150 valence electrons. The Bertz CT molecular complexity index is 960. The molecule has 1 aliphatic heterocycles. The molecular weight excluding hydrogens is 382 g/mol. The number of nitrogens with zero attached hydrogens (tertiary/aromatic N) is 4. The maximum absolute atomic E-state index is 12.4. The van der Waals surface area contributed by atoms with E-state index >= 15 is 0 Å². The number of aryl methyl sites for hydroxylation is 1. The lowest BCUT2D eigenvalue weighted by atomic mass is 10.2. The van der Waals surface area contributed by atoms with Crippen molar-refractivity contribution < 1.29 is 4.79 Å². The van der Waals surface area contributed by atoms with E-state index < -0.39 is 0 Å². The van der Waals surface area contributed by atoms with Crippen LogP contribution in [0.4, 0.5) is 11.5 Å². The number of benzene rings is 1. The van der Waals surface area contributed by atoms with Gasteiger partial charge in [0.05, 0.1) is 24.0 Å². The topological polar surface area (TPSA) is 61.4 Å². The molecule has 6 nitrogen and oxygen atoms in total. The summed E-state index contributed by atoms with van der Waals surface area (Å²) in [5.41, 5.74) is 4.17. The van der Waals surface area contributed by atoms with Gasteiger partial charge in [0.2, 0.25) is 5.91 Å². The highest BCUT2D eigenvalue weighted by molar-refractivity contribution is 7.13. The Morgan fingerprint density at radius 2 is 1.86 bits per heavy atom. The number of rotatable bonds is 5. The molecular formula is C22H25N5OS. The van der Waals surface area contributed by atoms with Crippen LogP contribution in [0.2, 0.25) is 0 Å². The number of thiazole rings is 1. The van der Waals surface area contributed by atoms with E-state index in [4.69, 9.17) is 0 Å². The monoisotopic (exact) mass is 407 g/mol. The number of hydrogen-bond donors (Lipinski definition) is 1. The molecule has 0 unspecified atom stereocenters. The van der Waals surface area contributed by atoms with E-state index in [1.165, 1.54) is 5.56 Å². The molecule has 0 atom stereocenters. The molecule has 2 aromatic heterocycles. The summed E-state index contributed by atoms with van der Waals surface area (Å²) >= 11 is 1.56. The van der Waals surface area contributed by atoms with Crippen LogP contribution in [0.3, 0.4) is 0 Å². The molecule has 1 aliphatic rings. The molecule has 0 spiro atoms. The third-order valence-corrected chi connectivity index (χ3v) is 6.02. The smallest absolute Gasteiger partial charge is 0.231 e. The summed E-state index contributed by atoms with van der Waals surface area (Å²) in [6.45, 7) is 6.16. The third kappa shape index (κ3) is 4.99. The van der Waals surface area contributed by atoms with Gasteiger partial charge in [0.1, 0.15) is 10.8 Å². The van der Waals surface area contributed by atoms with Crippen molar-refractivity contribution in [1.29, 1.82) is 0 Å². The van der Waals surface area contributed by atoms with Crippen LogP contribution in [0, 0.1) is 6.92 Å². The standard InChI is InChI=1S/C22H25N5OS/c1-16-3-5-17(6-4-16)22-24-18(15-29-22)13-21(28)25-20-8-7-19(14-23-20)27-11-9-26(2)10-12-27/h3-8,14-15H,9-13H2,1-2H3,(H,23,25,28). The van der Waals surface area contributed by atoms with Crippen LogP contribution in [0.5, 0.6) is 0 Å². The molecule has 1 amide bonds. The fourth-order valence-electron chi connectivity index (χ4n) is 3.28. The number of amides is 1. The largest absolute Gasteiger partial charge is 0.368 e. The Morgan fingerprint density at radius 1 is 1.10 bits per heavy atom. The van der Waals surface area contributed by atoms with E-state index in [0.29, 0.717) is 5.82 Å². The fourth-order valence-corrected chi connectivity index (χ4v) is 4.11. The van der Waals surface area contributed by atoms with E-state index in [1.54, 1.807) is 11.3 Å². The lowest BCUT2D eigenvalue weighted by Gasteiger charge is -2.33. The molecule has 1 fully saturated rings. The molecule has 1 aromatic carbocycles. The number of carbonyl (C=O) groups excluding carboxylic acids is 1. The predicted molar refractivity (Wildman–Crippen MR) is 119 cm³/mol. The molecule has 1 N–H and O–H groups in total. The fraction of sp³-hybridized carbons (Fsp3) is 0.318. The number of hydrogen-bond acceptors (Lipinski definition) is 6. The number of piperazine rings is 1. The lowest BCUT2D eigenvalue weighted by molar-refractivity contribution is -0.115. The second kappa shape index (κ2) is 8.71. The zero-order valence-electron chi connectivity index (χ0n) is 16.8. The predicted octanol–water partition coefficient (Wildman–Crippen LogP) is 3.45. The van der Waals surface area contributed by atoms with Gasteiger partial charge in [-0.25, -0.2) is 9.97 Å². The van der Waals surface area contributed by atoms with Gasteiger partial charge in [0.25, 0.3) is 0 Å². The minimum atomic E-state index is -0.106. The maximum atomic E-state index is 12.4. The molecule has 3 aromatic rings. The van der Waals surface area contributed by atoms with Gasteiger partial charge in [0.15, 0.2) is 0 Å². The van der Waals surface area contributed by atoms with Crippen LogP contribution >= 0.6 is 11.3 Å². The van der Waals surface area contributed by atoms with E-state index in [2.05, 4.69) is 63.3 Å². The number of likely N-dealkylation sites (N-methyl/N-ethyl adjacent to an activating group) is 1. The van der Waals surface area contributed by atoms with E-state index in [-0.39, 0.29) is 12.3 Å². The van der Waals surface area contributed by atoms with E-state index in [0.717, 1.165) is 48.1 Å². The number of aromatic nitrogens is 2. The van der Waals surface area contributed by atoms with Crippen molar-refractivity contribution >= 4 is 28.7 Å². The first-order valence-corrected chi connectivity index (χ1v) is 10.7. The first-order valence-electron chi connectivity index (χ1n) is 9.78. The Kier molecular flexibility index (Phi) is 5.87. The maximum Gasteiger partial charge on any atom is 0.231 e. The van der Waals surface area contributed by atoms with Crippen LogP contribution < -0.4 is 10.2 Å². The van der Waals surface area contributed by atoms with Crippen LogP contribution in [-0.4, -0.2) is 54.0 Å². The summed E-state index contributed by atoms with van der Waals surface area (Å²) < 4.78 is 0. The van der Waals surface area contributed by atoms with Crippen molar-refractivity contribution in [3.05, 3.63) is 59.2 Å². The third-order valence-electron chi connectivity index (χ3n) is 5.08. The number of carbonyl (C=O) groups is 1. The number of nitrogens with one attached hydrogen (secondary N) is 1. The highest BCUT2D eigenvalue weighted by Gasteiger charge is 2.15. The first-order chi connectivity index (χ1) is 14.1. The van der Waals surface area contributed by atoms with Crippen molar-refractivity contribution in [1.82, 2.24) is 14.9 Å². The van der Waals surface area contributed by atoms with E-state index in [9.17, 15) is 4.79 Å². The van der Waals surface area contributed by atoms with Crippen LogP contribution in [0.25, 0.3) is 10.6 Å². The molecule has 0 aliphatic carbocycles. The van der Waals surface area contributed by atoms with Crippen molar-refractivity contribution in [3.8, 4) is 10.6 Å². The zero-order valence-corrected chi connectivity index (χ0v) is 17.6. The second-order valence-corrected chi connectivity index (χ2v) is 8.29. The van der Waals surface area contributed by atoms with Crippen molar-refractivity contribution in [2.45, 2.75) is 13.3 Å².